The van der Waals surface area contributed by atoms with Crippen LogP contribution in [0.4, 0.5) is 10.7 Å². The van der Waals surface area contributed by atoms with Crippen LogP contribution >= 0.6 is 27.5 Å². The first-order valence-electron chi connectivity index (χ1n) is 9.92. The predicted octanol–water partition coefficient (Wildman–Crippen LogP) is 1.42. The van der Waals surface area contributed by atoms with Crippen LogP contribution in [0.15, 0.2) is 15.3 Å². The fourth-order valence-corrected chi connectivity index (χ4v) is 4.34. The summed E-state index contributed by atoms with van der Waals surface area (Å²) < 4.78 is 6.51. The number of ether oxygens (including phenoxy) is 1. The van der Waals surface area contributed by atoms with Gasteiger partial charge >= 0.3 is 6.09 Å². The number of anilines is 1. The van der Waals surface area contributed by atoms with Crippen LogP contribution < -0.4 is 20.5 Å². The molecular formula is C19H24BrClN6O4. The molecule has 0 aliphatic carbocycles. The SMILES string of the molecule is CN(C)C1CN(c2nc3cc(Br)c(Cl)c(OC[C@@H]4CN(C(=O)O)CCN4)c3c(=O)[nH]2)C1. The molecule has 12 heteroatoms. The number of likely N-dealkylation sites (N-methyl/N-ethyl adjacent to an activating group) is 1. The van der Waals surface area contributed by atoms with E-state index in [2.05, 4.69) is 36.1 Å². The molecule has 0 radical (unpaired) electrons. The summed E-state index contributed by atoms with van der Waals surface area (Å²) in [6, 6.07) is 1.91. The molecule has 2 aliphatic heterocycles. The van der Waals surface area contributed by atoms with Gasteiger partial charge in [-0.2, -0.15) is 0 Å². The number of aromatic amines is 1. The molecule has 3 N–H and O–H groups in total. The highest BCUT2D eigenvalue weighted by Crippen LogP contribution is 2.38. The molecule has 3 heterocycles. The van der Waals surface area contributed by atoms with E-state index in [0.29, 0.717) is 41.6 Å². The highest BCUT2D eigenvalue weighted by atomic mass is 79.9. The fraction of sp³-hybridized carbons (Fsp3) is 0.526. The number of aromatic nitrogens is 2. The summed E-state index contributed by atoms with van der Waals surface area (Å²) in [6.45, 7) is 2.97. The number of rotatable bonds is 5. The lowest BCUT2D eigenvalue weighted by molar-refractivity contribution is 0.118. The van der Waals surface area contributed by atoms with Gasteiger partial charge in [-0.3, -0.25) is 9.78 Å². The van der Waals surface area contributed by atoms with Gasteiger partial charge in [0.15, 0.2) is 5.75 Å². The van der Waals surface area contributed by atoms with Crippen LogP contribution in [0.1, 0.15) is 0 Å². The molecule has 10 nitrogen and oxygen atoms in total. The average Bonchev–Trinajstić information content (AvgIpc) is 2.67. The van der Waals surface area contributed by atoms with Crippen molar-refractivity contribution >= 4 is 50.5 Å². The Hall–Kier alpha value is -2.08. The molecule has 0 unspecified atom stereocenters. The fourth-order valence-electron chi connectivity index (χ4n) is 3.74. The van der Waals surface area contributed by atoms with E-state index in [-0.39, 0.29) is 34.4 Å². The summed E-state index contributed by atoms with van der Waals surface area (Å²) in [6.07, 6.45) is -0.965. The Balaban J connectivity index is 1.59. The largest absolute Gasteiger partial charge is 0.489 e. The highest BCUT2D eigenvalue weighted by Gasteiger charge is 2.31. The van der Waals surface area contributed by atoms with Crippen LogP contribution in [0.3, 0.4) is 0 Å². The summed E-state index contributed by atoms with van der Waals surface area (Å²) in [5.41, 5.74) is 0.142. The molecule has 1 amide bonds. The standard InChI is InChI=1S/C19H24BrClN6O4/c1-25(2)11-7-27(8-11)18-23-13-5-12(20)15(21)16(14(13)17(28)24-18)31-9-10-6-26(19(29)30)4-3-22-10/h5,10-11,22H,3-4,6-9H2,1-2H3,(H,29,30)(H,23,24,28)/t10-/m0/s1. The molecule has 0 bridgehead atoms. The van der Waals surface area contributed by atoms with E-state index < -0.39 is 6.09 Å². The van der Waals surface area contributed by atoms with Crippen molar-refractivity contribution in [2.45, 2.75) is 12.1 Å². The third-order valence-corrected chi connectivity index (χ3v) is 6.91. The summed E-state index contributed by atoms with van der Waals surface area (Å²) in [5, 5.41) is 13.0. The number of H-pyrrole nitrogens is 1. The molecule has 31 heavy (non-hydrogen) atoms. The highest BCUT2D eigenvalue weighted by molar-refractivity contribution is 9.10. The molecule has 2 fully saturated rings. The van der Waals surface area contributed by atoms with E-state index in [9.17, 15) is 14.7 Å². The number of hydrogen-bond donors (Lipinski definition) is 3. The molecule has 2 saturated heterocycles. The molecule has 0 spiro atoms. The predicted molar refractivity (Wildman–Crippen MR) is 122 cm³/mol. The lowest BCUT2D eigenvalue weighted by Crippen LogP contribution is -2.58. The Kier molecular flexibility index (Phi) is 6.29. The van der Waals surface area contributed by atoms with Gasteiger partial charge in [0.1, 0.15) is 12.0 Å². The monoisotopic (exact) mass is 514 g/mol. The van der Waals surface area contributed by atoms with Crippen LogP contribution in [-0.2, 0) is 0 Å². The van der Waals surface area contributed by atoms with Crippen molar-refractivity contribution in [3.63, 3.8) is 0 Å². The zero-order chi connectivity index (χ0) is 22.3. The second kappa shape index (κ2) is 8.81. The minimum absolute atomic E-state index is 0.160. The number of piperazine rings is 1. The first kappa shape index (κ1) is 22.1. The van der Waals surface area contributed by atoms with Gasteiger partial charge in [-0.05, 0) is 36.1 Å². The lowest BCUT2D eigenvalue weighted by Gasteiger charge is -2.42. The van der Waals surface area contributed by atoms with Gasteiger partial charge < -0.3 is 29.9 Å². The van der Waals surface area contributed by atoms with E-state index in [0.717, 1.165) is 13.1 Å². The molecule has 1 atom stereocenters. The number of carboxylic acid groups (broad SMARTS) is 1. The summed E-state index contributed by atoms with van der Waals surface area (Å²) in [5.74, 6) is 0.747. The second-order valence-electron chi connectivity index (χ2n) is 8.00. The number of benzene rings is 1. The van der Waals surface area contributed by atoms with Gasteiger partial charge in [0, 0.05) is 43.2 Å². The van der Waals surface area contributed by atoms with Crippen molar-refractivity contribution in [2.24, 2.45) is 0 Å². The Morgan fingerprint density at radius 3 is 2.84 bits per heavy atom. The zero-order valence-corrected chi connectivity index (χ0v) is 19.5. The van der Waals surface area contributed by atoms with Gasteiger partial charge in [-0.15, -0.1) is 0 Å². The van der Waals surface area contributed by atoms with Crippen LogP contribution in [-0.4, -0.2) is 96.5 Å². The van der Waals surface area contributed by atoms with Crippen molar-refractivity contribution in [1.29, 1.82) is 0 Å². The van der Waals surface area contributed by atoms with Crippen LogP contribution in [0.5, 0.6) is 5.75 Å². The van der Waals surface area contributed by atoms with Gasteiger partial charge in [0.05, 0.1) is 16.6 Å². The van der Waals surface area contributed by atoms with Gasteiger partial charge in [0.25, 0.3) is 5.56 Å². The minimum Gasteiger partial charge on any atom is -0.489 e. The molecule has 168 valence electrons. The lowest BCUT2D eigenvalue weighted by atomic mass is 10.1. The van der Waals surface area contributed by atoms with Crippen molar-refractivity contribution in [2.75, 3.05) is 58.3 Å². The Morgan fingerprint density at radius 2 is 2.16 bits per heavy atom. The number of halogens is 2. The number of hydrogen-bond acceptors (Lipinski definition) is 7. The normalized spacial score (nSPS) is 19.7. The molecule has 0 saturated carbocycles. The third-order valence-electron chi connectivity index (χ3n) is 5.68. The summed E-state index contributed by atoms with van der Waals surface area (Å²) in [7, 11) is 4.05. The summed E-state index contributed by atoms with van der Waals surface area (Å²) >= 11 is 9.86. The maximum atomic E-state index is 12.9. The van der Waals surface area contributed by atoms with E-state index in [1.807, 2.05) is 19.0 Å². The van der Waals surface area contributed by atoms with Crippen molar-refractivity contribution < 1.29 is 14.6 Å². The molecule has 2 aromatic rings. The maximum Gasteiger partial charge on any atom is 0.407 e. The molecular weight excluding hydrogens is 492 g/mol. The Labute approximate surface area is 192 Å². The smallest absolute Gasteiger partial charge is 0.407 e. The number of nitrogens with zero attached hydrogens (tertiary/aromatic N) is 4. The molecule has 1 aromatic carbocycles. The van der Waals surface area contributed by atoms with Crippen molar-refractivity contribution in [3.05, 3.63) is 25.9 Å². The van der Waals surface area contributed by atoms with Crippen molar-refractivity contribution in [3.8, 4) is 5.75 Å². The Morgan fingerprint density at radius 1 is 1.42 bits per heavy atom. The van der Waals surface area contributed by atoms with Gasteiger partial charge in [-0.1, -0.05) is 11.6 Å². The van der Waals surface area contributed by atoms with Crippen LogP contribution in [0, 0.1) is 0 Å². The molecule has 1 aromatic heterocycles. The average molecular weight is 516 g/mol. The van der Waals surface area contributed by atoms with Gasteiger partial charge in [0.2, 0.25) is 5.95 Å². The van der Waals surface area contributed by atoms with Gasteiger partial charge in [-0.25, -0.2) is 9.78 Å². The Bertz CT molecular complexity index is 1060. The number of fused-ring (bicyclic) bond motifs is 1. The number of amides is 1. The topological polar surface area (TPSA) is 114 Å². The number of nitrogens with one attached hydrogen (secondary N) is 2. The van der Waals surface area contributed by atoms with Crippen LogP contribution in [0.25, 0.3) is 10.9 Å². The van der Waals surface area contributed by atoms with E-state index in [1.165, 1.54) is 4.90 Å². The minimum atomic E-state index is -0.965. The van der Waals surface area contributed by atoms with E-state index in [4.69, 9.17) is 16.3 Å². The summed E-state index contributed by atoms with van der Waals surface area (Å²) in [4.78, 5) is 37.1. The molecule has 4 rings (SSSR count). The zero-order valence-electron chi connectivity index (χ0n) is 17.2. The first-order chi connectivity index (χ1) is 14.7. The number of carbonyl (C=O) groups is 1. The maximum absolute atomic E-state index is 12.9. The first-order valence-corrected chi connectivity index (χ1v) is 11.1. The quantitative estimate of drug-likeness (QED) is 0.548. The van der Waals surface area contributed by atoms with E-state index in [1.54, 1.807) is 6.07 Å². The van der Waals surface area contributed by atoms with Crippen LogP contribution in [0.2, 0.25) is 5.02 Å². The third kappa shape index (κ3) is 4.45. The van der Waals surface area contributed by atoms with E-state index >= 15 is 0 Å². The molecule has 2 aliphatic rings. The van der Waals surface area contributed by atoms with Crippen molar-refractivity contribution in [1.82, 2.24) is 25.1 Å². The second-order valence-corrected chi connectivity index (χ2v) is 9.23.